The van der Waals surface area contributed by atoms with E-state index in [9.17, 15) is 9.90 Å². The highest BCUT2D eigenvalue weighted by atomic mass is 35.5. The molecule has 0 aliphatic rings. The number of halogens is 1. The first-order valence-corrected chi connectivity index (χ1v) is 7.07. The van der Waals surface area contributed by atoms with Gasteiger partial charge < -0.3 is 9.84 Å². The zero-order chi connectivity index (χ0) is 15.2. The number of aliphatic carboxylic acids is 1. The molecular weight excluding hydrogens is 288 g/mol. The summed E-state index contributed by atoms with van der Waals surface area (Å²) in [5, 5.41) is 9.95. The Balaban J connectivity index is 2.04. The van der Waals surface area contributed by atoms with Crippen LogP contribution >= 0.6 is 11.6 Å². The first-order chi connectivity index (χ1) is 10.1. The van der Waals surface area contributed by atoms with E-state index >= 15 is 0 Å². The van der Waals surface area contributed by atoms with Gasteiger partial charge in [-0.25, -0.2) is 4.79 Å². The summed E-state index contributed by atoms with van der Waals surface area (Å²) in [6.45, 7) is 2.20. The molecule has 21 heavy (non-hydrogen) atoms. The van der Waals surface area contributed by atoms with Crippen LogP contribution in [0.2, 0.25) is 5.02 Å². The zero-order valence-electron chi connectivity index (χ0n) is 11.8. The van der Waals surface area contributed by atoms with E-state index < -0.39 is 12.1 Å². The fourth-order valence-electron chi connectivity index (χ4n) is 2.08. The molecule has 0 saturated carbocycles. The topological polar surface area (TPSA) is 46.5 Å². The van der Waals surface area contributed by atoms with Crippen LogP contribution in [-0.4, -0.2) is 17.2 Å². The number of benzene rings is 2. The Kier molecular flexibility index (Phi) is 5.37. The molecule has 0 aliphatic heterocycles. The van der Waals surface area contributed by atoms with Gasteiger partial charge in [0.1, 0.15) is 0 Å². The van der Waals surface area contributed by atoms with Gasteiger partial charge in [-0.3, -0.25) is 0 Å². The van der Waals surface area contributed by atoms with Crippen LogP contribution in [0.4, 0.5) is 0 Å². The van der Waals surface area contributed by atoms with E-state index in [1.807, 2.05) is 49.4 Å². The van der Waals surface area contributed by atoms with Crippen LogP contribution in [0.15, 0.2) is 48.5 Å². The van der Waals surface area contributed by atoms with Gasteiger partial charge in [0.25, 0.3) is 0 Å². The molecule has 2 aromatic carbocycles. The molecular formula is C17H17ClO3. The second kappa shape index (κ2) is 7.25. The number of carboxylic acid groups (broad SMARTS) is 1. The monoisotopic (exact) mass is 304 g/mol. The molecule has 0 heterocycles. The molecule has 0 radical (unpaired) electrons. The van der Waals surface area contributed by atoms with Gasteiger partial charge in [0.15, 0.2) is 6.10 Å². The lowest BCUT2D eigenvalue weighted by Crippen LogP contribution is -2.26. The highest BCUT2D eigenvalue weighted by Crippen LogP contribution is 2.18. The zero-order valence-corrected chi connectivity index (χ0v) is 12.5. The molecule has 0 aromatic heterocycles. The highest BCUT2D eigenvalue weighted by Gasteiger charge is 2.19. The number of carbonyl (C=O) groups is 1. The van der Waals surface area contributed by atoms with Crippen LogP contribution < -0.4 is 0 Å². The van der Waals surface area contributed by atoms with E-state index in [1.165, 1.54) is 0 Å². The lowest BCUT2D eigenvalue weighted by atomic mass is 10.0. The third kappa shape index (κ3) is 4.59. The standard InChI is InChI=1S/C17H17ClO3/c1-12-9-15(18)8-7-14(12)10-16(17(19)20)21-11-13-5-3-2-4-6-13/h2-9,16H,10-11H2,1H3,(H,19,20)/t16-/m1/s1. The predicted molar refractivity (Wildman–Crippen MR) is 82.5 cm³/mol. The molecule has 0 bridgehead atoms. The van der Waals surface area contributed by atoms with E-state index in [4.69, 9.17) is 16.3 Å². The second-order valence-corrected chi connectivity index (χ2v) is 5.33. The molecule has 3 nitrogen and oxygen atoms in total. The van der Waals surface area contributed by atoms with Crippen LogP contribution in [-0.2, 0) is 22.6 Å². The summed E-state index contributed by atoms with van der Waals surface area (Å²) in [5.74, 6) is -0.958. The Morgan fingerprint density at radius 1 is 1.24 bits per heavy atom. The van der Waals surface area contributed by atoms with Crippen molar-refractivity contribution in [1.29, 1.82) is 0 Å². The lowest BCUT2D eigenvalue weighted by Gasteiger charge is -2.15. The van der Waals surface area contributed by atoms with E-state index in [-0.39, 0.29) is 6.61 Å². The van der Waals surface area contributed by atoms with Gasteiger partial charge >= 0.3 is 5.97 Å². The van der Waals surface area contributed by atoms with Gasteiger partial charge in [0.05, 0.1) is 6.61 Å². The minimum absolute atomic E-state index is 0.282. The van der Waals surface area contributed by atoms with Crippen molar-refractivity contribution in [3.63, 3.8) is 0 Å². The van der Waals surface area contributed by atoms with Crippen LogP contribution in [0.3, 0.4) is 0 Å². The van der Waals surface area contributed by atoms with Crippen molar-refractivity contribution in [3.05, 3.63) is 70.2 Å². The minimum Gasteiger partial charge on any atom is -0.479 e. The number of ether oxygens (including phenoxy) is 1. The van der Waals surface area contributed by atoms with Gasteiger partial charge in [-0.1, -0.05) is 48.0 Å². The molecule has 110 valence electrons. The Bertz CT molecular complexity index is 611. The second-order valence-electron chi connectivity index (χ2n) is 4.90. The number of aryl methyl sites for hydroxylation is 1. The first-order valence-electron chi connectivity index (χ1n) is 6.69. The van der Waals surface area contributed by atoms with E-state index in [1.54, 1.807) is 6.07 Å². The molecule has 0 amide bonds. The quantitative estimate of drug-likeness (QED) is 0.881. The van der Waals surface area contributed by atoms with E-state index in [2.05, 4.69) is 0 Å². The molecule has 1 atom stereocenters. The Morgan fingerprint density at radius 3 is 2.57 bits per heavy atom. The maximum Gasteiger partial charge on any atom is 0.333 e. The molecule has 0 spiro atoms. The van der Waals surface area contributed by atoms with Crippen LogP contribution in [0.5, 0.6) is 0 Å². The van der Waals surface area contributed by atoms with Crippen molar-refractivity contribution in [1.82, 2.24) is 0 Å². The maximum atomic E-state index is 11.4. The van der Waals surface area contributed by atoms with Crippen molar-refractivity contribution >= 4 is 17.6 Å². The van der Waals surface area contributed by atoms with Gasteiger partial charge in [-0.2, -0.15) is 0 Å². The maximum absolute atomic E-state index is 11.4. The number of hydrogen-bond acceptors (Lipinski definition) is 2. The van der Waals surface area contributed by atoms with Gasteiger partial charge in [-0.05, 0) is 35.7 Å². The minimum atomic E-state index is -0.958. The van der Waals surface area contributed by atoms with Crippen molar-refractivity contribution in [2.75, 3.05) is 0 Å². The number of carboxylic acids is 1. The smallest absolute Gasteiger partial charge is 0.333 e. The molecule has 1 N–H and O–H groups in total. The van der Waals surface area contributed by atoms with Crippen LogP contribution in [0.1, 0.15) is 16.7 Å². The van der Waals surface area contributed by atoms with E-state index in [0.29, 0.717) is 11.4 Å². The van der Waals surface area contributed by atoms with Crippen molar-refractivity contribution in [2.24, 2.45) is 0 Å². The van der Waals surface area contributed by atoms with E-state index in [0.717, 1.165) is 16.7 Å². The third-order valence-corrected chi connectivity index (χ3v) is 3.51. The van der Waals surface area contributed by atoms with Crippen molar-refractivity contribution in [3.8, 4) is 0 Å². The average molecular weight is 305 g/mol. The summed E-state index contributed by atoms with van der Waals surface area (Å²) < 4.78 is 5.55. The largest absolute Gasteiger partial charge is 0.479 e. The Hall–Kier alpha value is -1.84. The van der Waals surface area contributed by atoms with Gasteiger partial charge in [0.2, 0.25) is 0 Å². The Labute approximate surface area is 129 Å². The van der Waals surface area contributed by atoms with Gasteiger partial charge in [-0.15, -0.1) is 0 Å². The number of hydrogen-bond donors (Lipinski definition) is 1. The molecule has 2 rings (SSSR count). The number of rotatable bonds is 6. The summed E-state index contributed by atoms with van der Waals surface area (Å²) >= 11 is 5.91. The van der Waals surface area contributed by atoms with Crippen LogP contribution in [0, 0.1) is 6.92 Å². The molecule has 0 fully saturated rings. The predicted octanol–water partition coefficient (Wildman–Crippen LogP) is 3.86. The fraction of sp³-hybridized carbons (Fsp3) is 0.235. The molecule has 0 aliphatic carbocycles. The summed E-state index contributed by atoms with van der Waals surface area (Å²) in [5.41, 5.74) is 2.86. The average Bonchev–Trinajstić information content (AvgIpc) is 2.46. The molecule has 0 saturated heterocycles. The van der Waals surface area contributed by atoms with Gasteiger partial charge in [0, 0.05) is 11.4 Å². The van der Waals surface area contributed by atoms with Crippen molar-refractivity contribution in [2.45, 2.75) is 26.1 Å². The Morgan fingerprint density at radius 2 is 1.95 bits per heavy atom. The normalized spacial score (nSPS) is 12.1. The van der Waals surface area contributed by atoms with Crippen molar-refractivity contribution < 1.29 is 14.6 Å². The first kappa shape index (κ1) is 15.5. The summed E-state index contributed by atoms with van der Waals surface area (Å²) in [6.07, 6.45) is -0.546. The molecule has 4 heteroatoms. The highest BCUT2D eigenvalue weighted by molar-refractivity contribution is 6.30. The summed E-state index contributed by atoms with van der Waals surface area (Å²) in [6, 6.07) is 15.0. The summed E-state index contributed by atoms with van der Waals surface area (Å²) in [7, 11) is 0. The molecule has 2 aromatic rings. The lowest BCUT2D eigenvalue weighted by molar-refractivity contribution is -0.151. The molecule has 0 unspecified atom stereocenters. The SMILES string of the molecule is Cc1cc(Cl)ccc1C[C@@H](OCc1ccccc1)C(=O)O. The van der Waals surface area contributed by atoms with Crippen LogP contribution in [0.25, 0.3) is 0 Å². The fourth-order valence-corrected chi connectivity index (χ4v) is 2.30. The summed E-state index contributed by atoms with van der Waals surface area (Å²) in [4.78, 5) is 11.4. The third-order valence-electron chi connectivity index (χ3n) is 3.28.